The summed E-state index contributed by atoms with van der Waals surface area (Å²) in [5.74, 6) is 3.06. The van der Waals surface area contributed by atoms with E-state index in [-0.39, 0.29) is 12.1 Å². The molecule has 3 aromatic rings. The summed E-state index contributed by atoms with van der Waals surface area (Å²) in [5.41, 5.74) is 2.64. The summed E-state index contributed by atoms with van der Waals surface area (Å²) in [7, 11) is 0. The second-order valence-corrected chi connectivity index (χ2v) is 9.34. The van der Waals surface area contributed by atoms with Gasteiger partial charge in [0.2, 0.25) is 0 Å². The first kappa shape index (κ1) is 20.1. The highest BCUT2D eigenvalue weighted by atomic mass is 16.3. The molecule has 2 atom stereocenters. The van der Waals surface area contributed by atoms with Crippen LogP contribution in [-0.2, 0) is 0 Å². The van der Waals surface area contributed by atoms with Crippen molar-refractivity contribution in [1.29, 1.82) is 0 Å². The van der Waals surface area contributed by atoms with Crippen LogP contribution < -0.4 is 20.0 Å². The number of piperidine rings is 1. The first-order valence-corrected chi connectivity index (χ1v) is 11.8. The van der Waals surface area contributed by atoms with E-state index in [0.717, 1.165) is 61.2 Å². The first-order chi connectivity index (χ1) is 16.2. The molecule has 2 amide bonds. The van der Waals surface area contributed by atoms with E-state index >= 15 is 0 Å². The van der Waals surface area contributed by atoms with Gasteiger partial charge in [-0.3, -0.25) is 4.90 Å². The third-order valence-electron chi connectivity index (χ3n) is 6.97. The highest BCUT2D eigenvalue weighted by Crippen LogP contribution is 2.40. The van der Waals surface area contributed by atoms with E-state index in [4.69, 9.17) is 9.40 Å². The van der Waals surface area contributed by atoms with Gasteiger partial charge < -0.3 is 19.5 Å². The Morgan fingerprint density at radius 1 is 1.12 bits per heavy atom. The van der Waals surface area contributed by atoms with Crippen molar-refractivity contribution in [3.63, 3.8) is 0 Å². The predicted octanol–water partition coefficient (Wildman–Crippen LogP) is 4.60. The van der Waals surface area contributed by atoms with Gasteiger partial charge in [0.25, 0.3) is 0 Å². The number of oxazole rings is 1. The Morgan fingerprint density at radius 2 is 2.06 bits per heavy atom. The molecule has 0 aliphatic carbocycles. The van der Waals surface area contributed by atoms with Crippen LogP contribution in [0.15, 0.2) is 53.4 Å². The van der Waals surface area contributed by atoms with Gasteiger partial charge in [-0.15, -0.1) is 0 Å². The molecular weight excluding hydrogens is 416 g/mol. The van der Waals surface area contributed by atoms with Gasteiger partial charge in [0.1, 0.15) is 5.82 Å². The summed E-state index contributed by atoms with van der Waals surface area (Å²) in [6, 6.07) is 11.9. The number of anilines is 4. The lowest BCUT2D eigenvalue weighted by molar-refractivity contribution is 0.255. The highest BCUT2D eigenvalue weighted by Gasteiger charge is 2.40. The van der Waals surface area contributed by atoms with Gasteiger partial charge in [0.15, 0.2) is 18.0 Å². The van der Waals surface area contributed by atoms with Gasteiger partial charge in [-0.05, 0) is 49.4 Å². The maximum atomic E-state index is 13.6. The minimum Gasteiger partial charge on any atom is -0.444 e. The van der Waals surface area contributed by atoms with Crippen LogP contribution in [0.3, 0.4) is 0 Å². The molecule has 2 saturated heterocycles. The molecule has 0 radical (unpaired) electrons. The van der Waals surface area contributed by atoms with Gasteiger partial charge >= 0.3 is 6.03 Å². The standard InChI is InChI=1S/C25H28N6O2/c1-17-4-3-10-30(14-17)23-8-7-21-24(28-23)31(20-9-11-29(21)15-20)25(32)27-19-6-2-5-18(12-19)22-13-26-16-33-22/h2,5-8,12-13,16-17,20H,3-4,9-11,14-15H2,1H3,(H,27,32)/t17-,20-/m0/s1. The molecule has 2 bridgehead atoms. The molecule has 170 valence electrons. The molecule has 8 heteroatoms. The number of amides is 2. The monoisotopic (exact) mass is 444 g/mol. The third kappa shape index (κ3) is 3.69. The van der Waals surface area contributed by atoms with Crippen LogP contribution in [0.5, 0.6) is 0 Å². The van der Waals surface area contributed by atoms with Crippen LogP contribution >= 0.6 is 0 Å². The van der Waals surface area contributed by atoms with E-state index in [0.29, 0.717) is 11.7 Å². The number of carbonyl (C=O) groups is 1. The molecule has 0 unspecified atom stereocenters. The lowest BCUT2D eigenvalue weighted by Gasteiger charge is -2.37. The average molecular weight is 445 g/mol. The normalized spacial score (nSPS) is 21.8. The maximum Gasteiger partial charge on any atom is 0.327 e. The van der Waals surface area contributed by atoms with Gasteiger partial charge in [0.05, 0.1) is 17.9 Å². The number of aromatic nitrogens is 2. The number of nitrogens with zero attached hydrogens (tertiary/aromatic N) is 5. The summed E-state index contributed by atoms with van der Waals surface area (Å²) >= 11 is 0. The summed E-state index contributed by atoms with van der Waals surface area (Å²) in [6.07, 6.45) is 6.46. The van der Waals surface area contributed by atoms with Crippen molar-refractivity contribution in [3.8, 4) is 11.3 Å². The van der Waals surface area contributed by atoms with E-state index in [1.54, 1.807) is 6.20 Å². The van der Waals surface area contributed by atoms with Gasteiger partial charge in [-0.2, -0.15) is 0 Å². The zero-order chi connectivity index (χ0) is 22.4. The first-order valence-electron chi connectivity index (χ1n) is 11.8. The van der Waals surface area contributed by atoms with Crippen molar-refractivity contribution in [2.75, 3.05) is 46.2 Å². The summed E-state index contributed by atoms with van der Waals surface area (Å²) in [5, 5.41) is 3.10. The summed E-state index contributed by atoms with van der Waals surface area (Å²) in [6.45, 7) is 6.12. The van der Waals surface area contributed by atoms with Crippen LogP contribution in [0, 0.1) is 5.92 Å². The molecule has 0 spiro atoms. The minimum atomic E-state index is -0.144. The van der Waals surface area contributed by atoms with E-state index in [2.05, 4.69) is 39.2 Å². The highest BCUT2D eigenvalue weighted by molar-refractivity contribution is 6.05. The summed E-state index contributed by atoms with van der Waals surface area (Å²) in [4.78, 5) is 29.2. The fourth-order valence-corrected chi connectivity index (χ4v) is 5.33. The van der Waals surface area contributed by atoms with Crippen LogP contribution in [0.1, 0.15) is 26.2 Å². The van der Waals surface area contributed by atoms with E-state index < -0.39 is 0 Å². The lowest BCUT2D eigenvalue weighted by atomic mass is 10.0. The third-order valence-corrected chi connectivity index (χ3v) is 6.97. The van der Waals surface area contributed by atoms with Crippen molar-refractivity contribution in [3.05, 3.63) is 49.0 Å². The fourth-order valence-electron chi connectivity index (χ4n) is 5.33. The topological polar surface area (TPSA) is 77.7 Å². The Hall–Kier alpha value is -3.55. The van der Waals surface area contributed by atoms with Crippen molar-refractivity contribution in [2.45, 2.75) is 32.2 Å². The van der Waals surface area contributed by atoms with Crippen molar-refractivity contribution >= 4 is 29.0 Å². The molecule has 8 nitrogen and oxygen atoms in total. The van der Waals surface area contributed by atoms with Crippen LogP contribution in [0.2, 0.25) is 0 Å². The van der Waals surface area contributed by atoms with Gasteiger partial charge in [-0.25, -0.2) is 14.8 Å². The second kappa shape index (κ2) is 8.10. The Balaban J connectivity index is 1.30. The van der Waals surface area contributed by atoms with Gasteiger partial charge in [-0.1, -0.05) is 19.1 Å². The Kier molecular flexibility index (Phi) is 4.93. The van der Waals surface area contributed by atoms with Gasteiger partial charge in [0, 0.05) is 37.4 Å². The predicted molar refractivity (Wildman–Crippen MR) is 129 cm³/mol. The van der Waals surface area contributed by atoms with Crippen LogP contribution in [0.25, 0.3) is 11.3 Å². The lowest BCUT2D eigenvalue weighted by Crippen LogP contribution is -2.48. The van der Waals surface area contributed by atoms with E-state index in [1.807, 2.05) is 29.2 Å². The number of fused-ring (bicyclic) bond motifs is 4. The molecule has 1 aromatic carbocycles. The molecule has 3 aliphatic rings. The second-order valence-electron chi connectivity index (χ2n) is 9.34. The molecule has 3 aliphatic heterocycles. The van der Waals surface area contributed by atoms with E-state index in [1.165, 1.54) is 19.2 Å². The number of urea groups is 1. The number of rotatable bonds is 3. The zero-order valence-corrected chi connectivity index (χ0v) is 18.8. The number of carbonyl (C=O) groups excluding carboxylic acids is 1. The minimum absolute atomic E-state index is 0.123. The van der Waals surface area contributed by atoms with Crippen LogP contribution in [0.4, 0.5) is 27.8 Å². The Labute approximate surface area is 193 Å². The Bertz CT molecular complexity index is 1160. The van der Waals surface area contributed by atoms with Crippen molar-refractivity contribution < 1.29 is 9.21 Å². The number of hydrogen-bond acceptors (Lipinski definition) is 6. The molecule has 33 heavy (non-hydrogen) atoms. The number of hydrogen-bond donors (Lipinski definition) is 1. The quantitative estimate of drug-likeness (QED) is 0.636. The average Bonchev–Trinajstić information content (AvgIpc) is 3.51. The molecule has 5 heterocycles. The SMILES string of the molecule is C[C@H]1CCCN(c2ccc3c(n2)N(C(=O)Nc2cccc(-c4cnco4)c2)[C@H]2CCN3C2)C1. The molecule has 1 N–H and O–H groups in total. The van der Waals surface area contributed by atoms with Crippen LogP contribution in [-0.4, -0.2) is 48.2 Å². The van der Waals surface area contributed by atoms with Crippen molar-refractivity contribution in [2.24, 2.45) is 5.92 Å². The number of pyridine rings is 1. The van der Waals surface area contributed by atoms with E-state index in [9.17, 15) is 4.79 Å². The largest absolute Gasteiger partial charge is 0.444 e. The smallest absolute Gasteiger partial charge is 0.327 e. The molecule has 2 aromatic heterocycles. The fraction of sp³-hybridized carbons (Fsp3) is 0.400. The number of nitrogens with one attached hydrogen (secondary N) is 1. The maximum absolute atomic E-state index is 13.6. The zero-order valence-electron chi connectivity index (χ0n) is 18.8. The molecule has 0 saturated carbocycles. The molecule has 2 fully saturated rings. The van der Waals surface area contributed by atoms with Crippen molar-refractivity contribution in [1.82, 2.24) is 9.97 Å². The summed E-state index contributed by atoms with van der Waals surface area (Å²) < 4.78 is 5.41. The Morgan fingerprint density at radius 3 is 2.91 bits per heavy atom. The molecular formula is C25H28N6O2. The number of benzene rings is 1. The molecule has 6 rings (SSSR count).